The van der Waals surface area contributed by atoms with E-state index in [9.17, 15) is 0 Å². The van der Waals surface area contributed by atoms with E-state index in [1.165, 1.54) is 23.2 Å². The Morgan fingerprint density at radius 2 is 1.29 bits per heavy atom. The molecule has 0 unspecified atom stereocenters. The highest BCUT2D eigenvalue weighted by atomic mass is 79.9. The zero-order chi connectivity index (χ0) is 17.5. The molecule has 0 aromatic heterocycles. The molecule has 1 nitrogen and oxygen atoms in total. The van der Waals surface area contributed by atoms with Gasteiger partial charge in [-0.25, -0.2) is 0 Å². The molecule has 0 aliphatic rings. The van der Waals surface area contributed by atoms with Crippen molar-refractivity contribution in [3.8, 4) is 0 Å². The molecule has 3 heteroatoms. The van der Waals surface area contributed by atoms with Crippen LogP contribution < -0.4 is 10.4 Å². The van der Waals surface area contributed by atoms with Crippen LogP contribution in [0, 0.1) is 0 Å². The quantitative estimate of drug-likeness (QED) is 0.336. The summed E-state index contributed by atoms with van der Waals surface area (Å²) in [5.41, 5.74) is 0. The van der Waals surface area contributed by atoms with Gasteiger partial charge in [0, 0.05) is 11.9 Å². The van der Waals surface area contributed by atoms with E-state index in [2.05, 4.69) is 97.4 Å². The minimum atomic E-state index is -2.32. The van der Waals surface area contributed by atoms with E-state index in [-0.39, 0.29) is 5.04 Å². The molecule has 0 atom stereocenters. The van der Waals surface area contributed by atoms with Gasteiger partial charge in [-0.2, -0.15) is 0 Å². The minimum absolute atomic E-state index is 0.0745. The van der Waals surface area contributed by atoms with Crippen LogP contribution in [0.1, 0.15) is 40.0 Å². The number of alkyl halides is 1. The van der Waals surface area contributed by atoms with Crippen molar-refractivity contribution in [3.05, 3.63) is 60.7 Å². The first-order valence-electron chi connectivity index (χ1n) is 8.83. The summed E-state index contributed by atoms with van der Waals surface area (Å²) in [7, 11) is -2.32. The molecule has 0 aliphatic heterocycles. The predicted molar refractivity (Wildman–Crippen MR) is 111 cm³/mol. The number of benzene rings is 2. The van der Waals surface area contributed by atoms with Crippen LogP contribution in [0.15, 0.2) is 60.7 Å². The zero-order valence-electron chi connectivity index (χ0n) is 15.1. The van der Waals surface area contributed by atoms with Crippen molar-refractivity contribution in [3.63, 3.8) is 0 Å². The fourth-order valence-electron chi connectivity index (χ4n) is 3.36. The van der Waals surface area contributed by atoms with Gasteiger partial charge in [-0.1, -0.05) is 104 Å². The third kappa shape index (κ3) is 4.38. The van der Waals surface area contributed by atoms with Crippen LogP contribution in [0.25, 0.3) is 0 Å². The van der Waals surface area contributed by atoms with Gasteiger partial charge in [0.15, 0.2) is 0 Å². The van der Waals surface area contributed by atoms with E-state index in [4.69, 9.17) is 4.43 Å². The number of hydrogen-bond acceptors (Lipinski definition) is 1. The van der Waals surface area contributed by atoms with Crippen LogP contribution in [-0.2, 0) is 4.43 Å². The molecule has 130 valence electrons. The topological polar surface area (TPSA) is 9.23 Å². The lowest BCUT2D eigenvalue weighted by Crippen LogP contribution is -2.66. The third-order valence-corrected chi connectivity index (χ3v) is 10.1. The number of halogens is 1. The summed E-state index contributed by atoms with van der Waals surface area (Å²) in [4.78, 5) is 0. The highest BCUT2D eigenvalue weighted by Gasteiger charge is 2.49. The molecule has 0 amide bonds. The molecule has 24 heavy (non-hydrogen) atoms. The average molecular weight is 405 g/mol. The van der Waals surface area contributed by atoms with Gasteiger partial charge in [0.05, 0.1) is 0 Å². The molecule has 0 saturated heterocycles. The van der Waals surface area contributed by atoms with Gasteiger partial charge in [-0.05, 0) is 28.3 Å². The number of unbranched alkanes of at least 4 members (excludes halogenated alkanes) is 2. The van der Waals surface area contributed by atoms with Crippen LogP contribution in [-0.4, -0.2) is 20.3 Å². The molecular weight excluding hydrogens is 376 g/mol. The van der Waals surface area contributed by atoms with Crippen LogP contribution in [0.4, 0.5) is 0 Å². The second kappa shape index (κ2) is 8.98. The lowest BCUT2D eigenvalue weighted by atomic mass is 10.2. The first kappa shape index (κ1) is 19.4. The molecular formula is C21H29BrOSi. The maximum atomic E-state index is 6.84. The summed E-state index contributed by atoms with van der Waals surface area (Å²) in [5.74, 6) is 0. The molecule has 0 fully saturated rings. The van der Waals surface area contributed by atoms with E-state index >= 15 is 0 Å². The summed E-state index contributed by atoms with van der Waals surface area (Å²) in [6.07, 6.45) is 3.55. The van der Waals surface area contributed by atoms with E-state index in [1.54, 1.807) is 0 Å². The smallest absolute Gasteiger partial charge is 0.261 e. The fraction of sp³-hybridized carbons (Fsp3) is 0.429. The van der Waals surface area contributed by atoms with E-state index in [0.29, 0.717) is 0 Å². The summed E-state index contributed by atoms with van der Waals surface area (Å²) in [6.45, 7) is 7.83. The Bertz CT molecular complexity index is 553. The second-order valence-electron chi connectivity index (χ2n) is 7.26. The van der Waals surface area contributed by atoms with Crippen molar-refractivity contribution in [2.45, 2.75) is 45.1 Å². The van der Waals surface area contributed by atoms with Crippen LogP contribution in [0.5, 0.6) is 0 Å². The fourth-order valence-corrected chi connectivity index (χ4v) is 8.36. The summed E-state index contributed by atoms with van der Waals surface area (Å²) < 4.78 is 6.84. The van der Waals surface area contributed by atoms with Gasteiger partial charge in [0.2, 0.25) is 0 Å². The van der Waals surface area contributed by atoms with E-state index < -0.39 is 8.32 Å². The van der Waals surface area contributed by atoms with Gasteiger partial charge < -0.3 is 4.43 Å². The highest BCUT2D eigenvalue weighted by Crippen LogP contribution is 2.36. The monoisotopic (exact) mass is 404 g/mol. The molecule has 2 aromatic carbocycles. The van der Waals surface area contributed by atoms with E-state index in [1.807, 2.05) is 0 Å². The molecule has 0 N–H and O–H groups in total. The lowest BCUT2D eigenvalue weighted by Gasteiger charge is -2.43. The minimum Gasteiger partial charge on any atom is -0.407 e. The maximum absolute atomic E-state index is 6.84. The zero-order valence-corrected chi connectivity index (χ0v) is 17.7. The number of rotatable bonds is 8. The van der Waals surface area contributed by atoms with Gasteiger partial charge >= 0.3 is 0 Å². The molecule has 2 aromatic rings. The van der Waals surface area contributed by atoms with E-state index in [0.717, 1.165) is 18.4 Å². The number of hydrogen-bond donors (Lipinski definition) is 0. The predicted octanol–water partition coefficient (Wildman–Crippen LogP) is 5.13. The average Bonchev–Trinajstić information content (AvgIpc) is 2.59. The Hall–Kier alpha value is -0.903. The summed E-state index contributed by atoms with van der Waals surface area (Å²) in [5, 5.41) is 3.88. The van der Waals surface area contributed by atoms with Gasteiger partial charge in [0.25, 0.3) is 8.32 Å². The standard InChI is InChI=1S/C21H29BrOSi/c1-21(2,3)24(19-13-7-4-8-14-19,20-15-9-5-10-16-20)23-18-12-6-11-17-22/h4-5,7-10,13-16H,6,11-12,17-18H2,1-3H3. The van der Waals surface area contributed by atoms with Crippen molar-refractivity contribution >= 4 is 34.6 Å². The first-order chi connectivity index (χ1) is 11.5. The molecule has 0 aliphatic carbocycles. The third-order valence-electron chi connectivity index (χ3n) is 4.51. The van der Waals surface area contributed by atoms with Crippen LogP contribution in [0.2, 0.25) is 5.04 Å². The first-order valence-corrected chi connectivity index (χ1v) is 11.9. The molecule has 0 spiro atoms. The maximum Gasteiger partial charge on any atom is 0.261 e. The normalized spacial score (nSPS) is 12.3. The molecule has 0 bridgehead atoms. The van der Waals surface area contributed by atoms with Crippen LogP contribution >= 0.6 is 15.9 Å². The van der Waals surface area contributed by atoms with Crippen molar-refractivity contribution in [2.75, 3.05) is 11.9 Å². The molecule has 0 heterocycles. The summed E-state index contributed by atoms with van der Waals surface area (Å²) in [6, 6.07) is 21.7. The summed E-state index contributed by atoms with van der Waals surface area (Å²) >= 11 is 3.51. The van der Waals surface area contributed by atoms with Crippen molar-refractivity contribution < 1.29 is 4.43 Å². The molecule has 0 saturated carbocycles. The highest BCUT2D eigenvalue weighted by molar-refractivity contribution is 9.09. The Labute approximate surface area is 156 Å². The molecule has 0 radical (unpaired) electrons. The largest absolute Gasteiger partial charge is 0.407 e. The SMILES string of the molecule is CC(C)(C)[Si](OCCCCCBr)(c1ccccc1)c1ccccc1. The Kier molecular flexibility index (Phi) is 7.27. The lowest BCUT2D eigenvalue weighted by molar-refractivity contribution is 0.288. The van der Waals surface area contributed by atoms with Crippen molar-refractivity contribution in [2.24, 2.45) is 0 Å². The van der Waals surface area contributed by atoms with Crippen molar-refractivity contribution in [1.29, 1.82) is 0 Å². The molecule has 2 rings (SSSR count). The Morgan fingerprint density at radius 3 is 1.71 bits per heavy atom. The Morgan fingerprint density at radius 1 is 0.792 bits per heavy atom. The van der Waals surface area contributed by atoms with Crippen LogP contribution in [0.3, 0.4) is 0 Å². The van der Waals surface area contributed by atoms with Gasteiger partial charge in [-0.15, -0.1) is 0 Å². The van der Waals surface area contributed by atoms with Crippen molar-refractivity contribution in [1.82, 2.24) is 0 Å². The van der Waals surface area contributed by atoms with Gasteiger partial charge in [-0.3, -0.25) is 0 Å². The van der Waals surface area contributed by atoms with Gasteiger partial charge in [0.1, 0.15) is 0 Å². The Balaban J connectivity index is 2.42. The second-order valence-corrected chi connectivity index (χ2v) is 12.4.